The van der Waals surface area contributed by atoms with E-state index in [0.29, 0.717) is 29.1 Å². The number of rotatable bonds is 5. The van der Waals surface area contributed by atoms with Gasteiger partial charge in [-0.1, -0.05) is 96.6 Å². The van der Waals surface area contributed by atoms with Crippen molar-refractivity contribution in [3.63, 3.8) is 0 Å². The van der Waals surface area contributed by atoms with Gasteiger partial charge in [0.05, 0.1) is 35.0 Å². The van der Waals surface area contributed by atoms with Gasteiger partial charge in [-0.2, -0.15) is 23.2 Å². The Balaban J connectivity index is 1.57. The van der Waals surface area contributed by atoms with Gasteiger partial charge in [0.25, 0.3) is 10.0 Å². The minimum atomic E-state index is -4.20. The summed E-state index contributed by atoms with van der Waals surface area (Å²) < 4.78 is 28.6. The van der Waals surface area contributed by atoms with Crippen molar-refractivity contribution >= 4 is 27.3 Å². The van der Waals surface area contributed by atoms with Gasteiger partial charge in [-0.05, 0) is 41.8 Å². The van der Waals surface area contributed by atoms with Crippen molar-refractivity contribution in [1.29, 1.82) is 5.26 Å². The molecule has 41 heavy (non-hydrogen) atoms. The zero-order chi connectivity index (χ0) is 28.6. The fraction of sp³-hybridized carbons (Fsp3) is 0.121. The van der Waals surface area contributed by atoms with Gasteiger partial charge in [0.1, 0.15) is 5.41 Å². The second kappa shape index (κ2) is 10.2. The lowest BCUT2D eigenvalue weighted by atomic mass is 9.71. The molecule has 8 heteroatoms. The van der Waals surface area contributed by atoms with Gasteiger partial charge in [-0.15, -0.1) is 0 Å². The average Bonchev–Trinajstić information content (AvgIpc) is 3.12. The van der Waals surface area contributed by atoms with Crippen molar-refractivity contribution in [2.45, 2.75) is 30.2 Å². The van der Waals surface area contributed by atoms with Gasteiger partial charge in [-0.25, -0.2) is 0 Å². The number of hydrogen-bond donors (Lipinski definition) is 0. The van der Waals surface area contributed by atoms with Gasteiger partial charge >= 0.3 is 0 Å². The number of hydrazone groups is 1. The van der Waals surface area contributed by atoms with Gasteiger partial charge in [0, 0.05) is 12.1 Å². The third-order valence-electron chi connectivity index (χ3n) is 7.59. The highest BCUT2D eigenvalue weighted by Crippen LogP contribution is 2.50. The first-order chi connectivity index (χ1) is 19.8. The van der Waals surface area contributed by atoms with Crippen LogP contribution in [0.5, 0.6) is 0 Å². The standard InChI is InChI=1S/C33H26N4O3S/c1-24-16-18-28(19-17-24)41(39,40)37-23-27(21-34)33(20-30(35-37)26-12-6-3-7-13-26)29-14-8-9-15-31(29)36(32(33)38)22-25-10-4-2-5-11-25/h2-19,23H,20,22H2,1H3. The topological polar surface area (TPSA) is 93.8 Å². The molecule has 0 fully saturated rings. The lowest BCUT2D eigenvalue weighted by Crippen LogP contribution is -2.42. The maximum atomic E-state index is 14.6. The molecule has 7 nitrogen and oxygen atoms in total. The van der Waals surface area contributed by atoms with Gasteiger partial charge < -0.3 is 4.90 Å². The molecule has 0 aromatic heterocycles. The molecule has 1 atom stereocenters. The van der Waals surface area contributed by atoms with E-state index >= 15 is 0 Å². The molecule has 0 saturated carbocycles. The normalized spacial score (nSPS) is 18.4. The number of hydrogen-bond acceptors (Lipinski definition) is 5. The van der Waals surface area contributed by atoms with Crippen LogP contribution in [0, 0.1) is 18.3 Å². The van der Waals surface area contributed by atoms with E-state index in [-0.39, 0.29) is 22.8 Å². The molecule has 4 aromatic carbocycles. The molecule has 1 spiro atoms. The smallest absolute Gasteiger partial charge is 0.282 e. The van der Waals surface area contributed by atoms with Crippen molar-refractivity contribution in [2.24, 2.45) is 5.10 Å². The quantitative estimate of drug-likeness (QED) is 0.315. The number of aryl methyl sites for hydroxylation is 1. The molecule has 1 amide bonds. The summed E-state index contributed by atoms with van der Waals surface area (Å²) in [4.78, 5) is 16.3. The third kappa shape index (κ3) is 4.41. The highest BCUT2D eigenvalue weighted by Gasteiger charge is 2.55. The molecule has 2 aliphatic heterocycles. The van der Waals surface area contributed by atoms with Crippen molar-refractivity contribution in [3.8, 4) is 6.07 Å². The van der Waals surface area contributed by atoms with Crippen LogP contribution in [0.3, 0.4) is 0 Å². The number of anilines is 1. The maximum absolute atomic E-state index is 14.6. The Morgan fingerprint density at radius 1 is 0.878 bits per heavy atom. The van der Waals surface area contributed by atoms with E-state index < -0.39 is 15.4 Å². The molecular weight excluding hydrogens is 532 g/mol. The fourth-order valence-corrected chi connectivity index (χ4v) is 6.63. The highest BCUT2D eigenvalue weighted by molar-refractivity contribution is 7.89. The molecule has 0 bridgehead atoms. The Morgan fingerprint density at radius 3 is 2.20 bits per heavy atom. The molecule has 0 radical (unpaired) electrons. The largest absolute Gasteiger partial charge is 0.307 e. The summed E-state index contributed by atoms with van der Waals surface area (Å²) >= 11 is 0. The van der Waals surface area contributed by atoms with Crippen LogP contribution in [0.4, 0.5) is 5.69 Å². The van der Waals surface area contributed by atoms with E-state index in [2.05, 4.69) is 11.2 Å². The van der Waals surface area contributed by atoms with Crippen LogP contribution >= 0.6 is 0 Å². The number of amides is 1. The lowest BCUT2D eigenvalue weighted by Gasteiger charge is -2.28. The van der Waals surface area contributed by atoms with Crippen LogP contribution in [0.25, 0.3) is 0 Å². The first kappa shape index (κ1) is 26.2. The summed E-state index contributed by atoms with van der Waals surface area (Å²) in [5.74, 6) is -0.298. The van der Waals surface area contributed by atoms with E-state index in [4.69, 9.17) is 0 Å². The van der Waals surface area contributed by atoms with Crippen LogP contribution in [-0.2, 0) is 26.8 Å². The summed E-state index contributed by atoms with van der Waals surface area (Å²) in [7, 11) is -4.20. The number of fused-ring (bicyclic) bond motifs is 2. The summed E-state index contributed by atoms with van der Waals surface area (Å²) in [6.45, 7) is 2.18. The molecule has 6 rings (SSSR count). The van der Waals surface area contributed by atoms with Crippen LogP contribution in [-0.4, -0.2) is 24.5 Å². The number of nitrogens with zero attached hydrogens (tertiary/aromatic N) is 4. The Hall–Kier alpha value is -5.00. The Morgan fingerprint density at radius 2 is 1.51 bits per heavy atom. The number of benzene rings is 4. The number of carbonyl (C=O) groups excluding carboxylic acids is 1. The second-order valence-corrected chi connectivity index (χ2v) is 11.9. The predicted molar refractivity (Wildman–Crippen MR) is 157 cm³/mol. The summed E-state index contributed by atoms with van der Waals surface area (Å²) in [6.07, 6.45) is 1.23. The SMILES string of the molecule is Cc1ccc(S(=O)(=O)N2C=C(C#N)C3(CC(c4ccccc4)=N2)C(=O)N(Cc2ccccc2)c2ccccc23)cc1. The van der Waals surface area contributed by atoms with Crippen LogP contribution < -0.4 is 4.90 Å². The van der Waals surface area contributed by atoms with E-state index in [9.17, 15) is 18.5 Å². The van der Waals surface area contributed by atoms with Gasteiger partial charge in [-0.3, -0.25) is 4.79 Å². The first-order valence-corrected chi connectivity index (χ1v) is 14.6. The minimum absolute atomic E-state index is 0.0101. The van der Waals surface area contributed by atoms with Crippen molar-refractivity contribution in [3.05, 3.63) is 143 Å². The highest BCUT2D eigenvalue weighted by atomic mass is 32.2. The predicted octanol–water partition coefficient (Wildman–Crippen LogP) is 5.69. The van der Waals surface area contributed by atoms with E-state index in [0.717, 1.165) is 15.5 Å². The molecule has 1 unspecified atom stereocenters. The molecule has 202 valence electrons. The van der Waals surface area contributed by atoms with Crippen LogP contribution in [0.1, 0.15) is 28.7 Å². The van der Waals surface area contributed by atoms with Crippen LogP contribution in [0.2, 0.25) is 0 Å². The minimum Gasteiger partial charge on any atom is -0.307 e. The Bertz CT molecular complexity index is 1840. The molecule has 2 heterocycles. The first-order valence-electron chi connectivity index (χ1n) is 13.2. The van der Waals surface area contributed by atoms with Crippen molar-refractivity contribution in [2.75, 3.05) is 4.90 Å². The summed E-state index contributed by atoms with van der Waals surface area (Å²) in [6, 6.07) is 34.9. The number of para-hydroxylation sites is 1. The monoisotopic (exact) mass is 558 g/mol. The molecule has 0 aliphatic carbocycles. The summed E-state index contributed by atoms with van der Waals surface area (Å²) in [5, 5.41) is 15.2. The lowest BCUT2D eigenvalue weighted by molar-refractivity contribution is -0.121. The second-order valence-electron chi connectivity index (χ2n) is 10.1. The third-order valence-corrected chi connectivity index (χ3v) is 9.14. The molecule has 4 aromatic rings. The summed E-state index contributed by atoms with van der Waals surface area (Å²) in [5.41, 5.74) is 2.76. The van der Waals surface area contributed by atoms with Crippen molar-refractivity contribution < 1.29 is 13.2 Å². The van der Waals surface area contributed by atoms with Crippen molar-refractivity contribution in [1.82, 2.24) is 4.41 Å². The van der Waals surface area contributed by atoms with Crippen LogP contribution in [0.15, 0.2) is 131 Å². The molecule has 0 N–H and O–H groups in total. The molecular formula is C33H26N4O3S. The fourth-order valence-electron chi connectivity index (χ4n) is 5.49. The average molecular weight is 559 g/mol. The number of nitriles is 1. The molecule has 2 aliphatic rings. The van der Waals surface area contributed by atoms with Gasteiger partial charge in [0.2, 0.25) is 5.91 Å². The Kier molecular flexibility index (Phi) is 6.52. The van der Waals surface area contributed by atoms with E-state index in [1.165, 1.54) is 18.3 Å². The number of carbonyl (C=O) groups is 1. The maximum Gasteiger partial charge on any atom is 0.282 e. The van der Waals surface area contributed by atoms with E-state index in [1.807, 2.05) is 91.9 Å². The van der Waals surface area contributed by atoms with E-state index in [1.54, 1.807) is 17.0 Å². The zero-order valence-electron chi connectivity index (χ0n) is 22.3. The number of sulfonamides is 1. The molecule has 0 saturated heterocycles. The Labute approximate surface area is 239 Å². The zero-order valence-corrected chi connectivity index (χ0v) is 23.1. The van der Waals surface area contributed by atoms with Gasteiger partial charge in [0.15, 0.2) is 0 Å².